The number of thioether (sulfide) groups is 1. The molecule has 1 saturated heterocycles. The number of carbonyl (C=O) groups is 2. The Kier molecular flexibility index (Phi) is 6.63. The van der Waals surface area contributed by atoms with E-state index < -0.39 is 12.0 Å². The van der Waals surface area contributed by atoms with E-state index in [1.54, 1.807) is 14.0 Å². The van der Waals surface area contributed by atoms with Crippen LogP contribution < -0.4 is 15.4 Å². The van der Waals surface area contributed by atoms with Gasteiger partial charge >= 0.3 is 12.0 Å². The van der Waals surface area contributed by atoms with Gasteiger partial charge in [-0.25, -0.2) is 9.59 Å². The molecule has 0 spiro atoms. The molecule has 1 aromatic carbocycles. The molecule has 3 rings (SSSR count). The number of esters is 1. The maximum atomic E-state index is 12.7. The molecular formula is C19H25N3O4S. The average molecular weight is 391 g/mol. The van der Waals surface area contributed by atoms with Gasteiger partial charge in [0.25, 0.3) is 0 Å². The van der Waals surface area contributed by atoms with E-state index in [1.807, 2.05) is 36.0 Å². The van der Waals surface area contributed by atoms with Gasteiger partial charge < -0.3 is 20.1 Å². The van der Waals surface area contributed by atoms with E-state index in [2.05, 4.69) is 15.5 Å². The zero-order chi connectivity index (χ0) is 19.2. The van der Waals surface area contributed by atoms with Crippen molar-refractivity contribution in [3.05, 3.63) is 41.1 Å². The van der Waals surface area contributed by atoms with Crippen LogP contribution in [-0.4, -0.2) is 61.8 Å². The molecule has 8 heteroatoms. The van der Waals surface area contributed by atoms with E-state index in [-0.39, 0.29) is 12.6 Å². The van der Waals surface area contributed by atoms with Gasteiger partial charge in [-0.3, -0.25) is 4.90 Å². The minimum absolute atomic E-state index is 0.277. The molecule has 1 fully saturated rings. The van der Waals surface area contributed by atoms with Crippen molar-refractivity contribution in [3.8, 4) is 5.75 Å². The molecule has 2 amide bonds. The normalized spacial score (nSPS) is 20.7. The second-order valence-corrected chi connectivity index (χ2v) is 7.53. The molecule has 0 unspecified atom stereocenters. The Hall–Kier alpha value is -2.19. The first-order valence-corrected chi connectivity index (χ1v) is 10.2. The number of amides is 2. The predicted molar refractivity (Wildman–Crippen MR) is 105 cm³/mol. The number of nitrogens with zero attached hydrogens (tertiary/aromatic N) is 1. The summed E-state index contributed by atoms with van der Waals surface area (Å²) in [5, 5.41) is 5.69. The predicted octanol–water partition coefficient (Wildman–Crippen LogP) is 1.92. The molecule has 146 valence electrons. The van der Waals surface area contributed by atoms with Gasteiger partial charge in [0.1, 0.15) is 5.75 Å². The molecule has 0 radical (unpaired) electrons. The molecule has 7 nitrogen and oxygen atoms in total. The third-order valence-electron chi connectivity index (χ3n) is 4.58. The molecule has 2 aliphatic heterocycles. The second-order valence-electron chi connectivity index (χ2n) is 6.31. The summed E-state index contributed by atoms with van der Waals surface area (Å²) in [7, 11) is 1.60. The zero-order valence-corrected chi connectivity index (χ0v) is 16.4. The fourth-order valence-corrected chi connectivity index (χ4v) is 4.20. The molecule has 2 aliphatic rings. The van der Waals surface area contributed by atoms with E-state index >= 15 is 0 Å². The lowest BCUT2D eigenvalue weighted by atomic mass is 9.95. The molecule has 1 aromatic rings. The van der Waals surface area contributed by atoms with Gasteiger partial charge in [0.2, 0.25) is 0 Å². The van der Waals surface area contributed by atoms with Gasteiger partial charge in [0.05, 0.1) is 25.3 Å². The zero-order valence-electron chi connectivity index (χ0n) is 15.6. The Balaban J connectivity index is 1.95. The second kappa shape index (κ2) is 9.14. The maximum Gasteiger partial charge on any atom is 0.338 e. The summed E-state index contributed by atoms with van der Waals surface area (Å²) in [6.07, 6.45) is 0. The van der Waals surface area contributed by atoms with Gasteiger partial charge in [-0.05, 0) is 24.6 Å². The molecule has 0 bridgehead atoms. The lowest BCUT2D eigenvalue weighted by Gasteiger charge is -2.33. The maximum absolute atomic E-state index is 12.7. The van der Waals surface area contributed by atoms with Gasteiger partial charge in [0.15, 0.2) is 0 Å². The smallest absolute Gasteiger partial charge is 0.338 e. The highest BCUT2D eigenvalue weighted by Crippen LogP contribution is 2.29. The molecule has 2 heterocycles. The molecule has 27 heavy (non-hydrogen) atoms. The first-order chi connectivity index (χ1) is 13.1. The van der Waals surface area contributed by atoms with Crippen LogP contribution in [0.2, 0.25) is 0 Å². The topological polar surface area (TPSA) is 79.9 Å². The highest BCUT2D eigenvalue weighted by molar-refractivity contribution is 7.99. The number of methoxy groups -OCH3 is 1. The third-order valence-corrected chi connectivity index (χ3v) is 5.53. The summed E-state index contributed by atoms with van der Waals surface area (Å²) in [4.78, 5) is 27.3. The van der Waals surface area contributed by atoms with Crippen LogP contribution in [0.3, 0.4) is 0 Å². The third kappa shape index (κ3) is 4.75. The van der Waals surface area contributed by atoms with E-state index in [4.69, 9.17) is 9.47 Å². The van der Waals surface area contributed by atoms with Crippen LogP contribution in [0, 0.1) is 0 Å². The van der Waals surface area contributed by atoms with Gasteiger partial charge in [-0.1, -0.05) is 12.1 Å². The number of rotatable bonds is 6. The Morgan fingerprint density at radius 2 is 1.96 bits per heavy atom. The fraction of sp³-hybridized carbons (Fsp3) is 0.474. The van der Waals surface area contributed by atoms with Crippen LogP contribution >= 0.6 is 11.8 Å². The SMILES string of the molecule is CCOC(=O)C1=C(CN2CCSCC2)NC(=O)N[C@H]1c1ccc(OC)cc1. The Bertz CT molecular complexity index is 714. The number of hydrogen-bond donors (Lipinski definition) is 2. The minimum atomic E-state index is -0.558. The highest BCUT2D eigenvalue weighted by atomic mass is 32.2. The van der Waals surface area contributed by atoms with Crippen LogP contribution in [0.4, 0.5) is 4.79 Å². The molecule has 2 N–H and O–H groups in total. The van der Waals surface area contributed by atoms with Crippen molar-refractivity contribution >= 4 is 23.8 Å². The largest absolute Gasteiger partial charge is 0.497 e. The van der Waals surface area contributed by atoms with Crippen LogP contribution in [0.25, 0.3) is 0 Å². The summed E-state index contributed by atoms with van der Waals surface area (Å²) in [6.45, 7) is 4.44. The quantitative estimate of drug-likeness (QED) is 0.722. The molecule has 1 atom stereocenters. The Morgan fingerprint density at radius 3 is 2.59 bits per heavy atom. The summed E-state index contributed by atoms with van der Waals surface area (Å²) >= 11 is 1.92. The van der Waals surface area contributed by atoms with Crippen LogP contribution in [0.1, 0.15) is 18.5 Å². The summed E-state index contributed by atoms with van der Waals surface area (Å²) in [5.74, 6) is 2.41. The number of carbonyl (C=O) groups excluding carboxylic acids is 2. The van der Waals surface area contributed by atoms with E-state index in [0.717, 1.165) is 30.2 Å². The standard InChI is InChI=1S/C19H25N3O4S/c1-3-26-18(23)16-15(12-22-8-10-27-11-9-22)20-19(24)21-17(16)13-4-6-14(25-2)7-5-13/h4-7,17H,3,8-12H2,1-2H3,(H2,20,21,24)/t17-/m0/s1. The molecule has 0 aliphatic carbocycles. The van der Waals surface area contributed by atoms with Crippen molar-refractivity contribution in [3.63, 3.8) is 0 Å². The van der Waals surface area contributed by atoms with Crippen molar-refractivity contribution in [1.82, 2.24) is 15.5 Å². The molecule has 0 saturated carbocycles. The number of ether oxygens (including phenoxy) is 2. The Morgan fingerprint density at radius 1 is 1.26 bits per heavy atom. The number of nitrogens with one attached hydrogen (secondary N) is 2. The number of hydrogen-bond acceptors (Lipinski definition) is 6. The molecule has 0 aromatic heterocycles. The monoisotopic (exact) mass is 391 g/mol. The summed E-state index contributed by atoms with van der Waals surface area (Å²) < 4.78 is 10.5. The van der Waals surface area contributed by atoms with E-state index in [1.165, 1.54) is 0 Å². The summed E-state index contributed by atoms with van der Waals surface area (Å²) in [6, 6.07) is 6.46. The van der Waals surface area contributed by atoms with Crippen LogP contribution in [0.15, 0.2) is 35.5 Å². The first-order valence-electron chi connectivity index (χ1n) is 9.04. The van der Waals surface area contributed by atoms with Crippen molar-refractivity contribution < 1.29 is 19.1 Å². The average Bonchev–Trinajstić information content (AvgIpc) is 2.68. The van der Waals surface area contributed by atoms with Crippen molar-refractivity contribution in [2.45, 2.75) is 13.0 Å². The van der Waals surface area contributed by atoms with Gasteiger partial charge in [-0.15, -0.1) is 0 Å². The lowest BCUT2D eigenvalue weighted by molar-refractivity contribution is -0.139. The first kappa shape index (κ1) is 19.6. The Labute approximate surface area is 163 Å². The van der Waals surface area contributed by atoms with E-state index in [9.17, 15) is 9.59 Å². The number of urea groups is 1. The van der Waals surface area contributed by atoms with Crippen LogP contribution in [0.5, 0.6) is 5.75 Å². The van der Waals surface area contributed by atoms with E-state index in [0.29, 0.717) is 23.6 Å². The fourth-order valence-electron chi connectivity index (χ4n) is 3.22. The van der Waals surface area contributed by atoms with Crippen molar-refractivity contribution in [2.75, 3.05) is 44.9 Å². The van der Waals surface area contributed by atoms with Gasteiger partial charge in [0, 0.05) is 36.8 Å². The van der Waals surface area contributed by atoms with Crippen molar-refractivity contribution in [2.24, 2.45) is 0 Å². The van der Waals surface area contributed by atoms with Crippen molar-refractivity contribution in [1.29, 1.82) is 0 Å². The van der Waals surface area contributed by atoms with Crippen LogP contribution in [-0.2, 0) is 9.53 Å². The lowest BCUT2D eigenvalue weighted by Crippen LogP contribution is -2.49. The summed E-state index contributed by atoms with van der Waals surface area (Å²) in [5.41, 5.74) is 1.88. The highest BCUT2D eigenvalue weighted by Gasteiger charge is 2.34. The minimum Gasteiger partial charge on any atom is -0.497 e. The number of benzene rings is 1. The molecular weight excluding hydrogens is 366 g/mol. The van der Waals surface area contributed by atoms with Gasteiger partial charge in [-0.2, -0.15) is 11.8 Å².